The first-order chi connectivity index (χ1) is 15.6. The Bertz CT molecular complexity index is 1100. The smallest absolute Gasteiger partial charge is 0.228 e. The molecule has 0 aliphatic heterocycles. The van der Waals surface area contributed by atoms with E-state index < -0.39 is 28.9 Å². The Hall–Kier alpha value is -2.46. The molecule has 2 aromatic heterocycles. The van der Waals surface area contributed by atoms with E-state index in [1.807, 2.05) is 6.26 Å². The highest BCUT2D eigenvalue weighted by atomic mass is 32.2. The van der Waals surface area contributed by atoms with Crippen LogP contribution in [0.5, 0.6) is 11.6 Å². The van der Waals surface area contributed by atoms with E-state index in [4.69, 9.17) is 4.74 Å². The van der Waals surface area contributed by atoms with Crippen LogP contribution in [0.1, 0.15) is 32.1 Å². The van der Waals surface area contributed by atoms with Crippen molar-refractivity contribution in [3.63, 3.8) is 0 Å². The Balaban J connectivity index is 1.59. The second-order valence-electron chi connectivity index (χ2n) is 7.23. The minimum absolute atomic E-state index is 0.0201. The van der Waals surface area contributed by atoms with Gasteiger partial charge in [0.15, 0.2) is 22.5 Å². The van der Waals surface area contributed by atoms with Gasteiger partial charge in [-0.15, -0.1) is 0 Å². The summed E-state index contributed by atoms with van der Waals surface area (Å²) in [5, 5.41) is 0.781. The van der Waals surface area contributed by atoms with Crippen LogP contribution >= 0.6 is 23.7 Å². The molecule has 0 amide bonds. The zero-order chi connectivity index (χ0) is 22.5. The number of nitrogens with zero attached hydrogens (tertiary/aromatic N) is 3. The molecule has 1 saturated carbocycles. The fourth-order valence-electron chi connectivity index (χ4n) is 3.43. The largest absolute Gasteiger partial charge is 0.435 e. The fourth-order valence-corrected chi connectivity index (χ4v) is 4.82. The van der Waals surface area contributed by atoms with E-state index in [-0.39, 0.29) is 11.1 Å². The molecule has 168 valence electrons. The van der Waals surface area contributed by atoms with E-state index >= 15 is 0 Å². The fraction of sp³-hybridized carbons (Fsp3) is 0.318. The van der Waals surface area contributed by atoms with Crippen molar-refractivity contribution in [1.82, 2.24) is 15.0 Å². The molecule has 10 heteroatoms. The van der Waals surface area contributed by atoms with Crippen LogP contribution in [0, 0.1) is 17.5 Å². The molecule has 1 fully saturated rings. The predicted octanol–water partition coefficient (Wildman–Crippen LogP) is 6.86. The predicted molar refractivity (Wildman–Crippen MR) is 122 cm³/mol. The highest BCUT2D eigenvalue weighted by Gasteiger charge is 2.23. The number of benzene rings is 1. The third-order valence-electron chi connectivity index (χ3n) is 5.07. The van der Waals surface area contributed by atoms with Crippen LogP contribution in [0.25, 0.3) is 11.3 Å². The summed E-state index contributed by atoms with van der Waals surface area (Å²) in [6.07, 6.45) is 10.1. The third kappa shape index (κ3) is 5.12. The lowest BCUT2D eigenvalue weighted by molar-refractivity contribution is 0.401. The number of hydrogen-bond acceptors (Lipinski definition) is 7. The molecule has 0 spiro atoms. The summed E-state index contributed by atoms with van der Waals surface area (Å²) >= 11 is 2.59. The third-order valence-corrected chi connectivity index (χ3v) is 6.76. The molecule has 4 rings (SSSR count). The van der Waals surface area contributed by atoms with Crippen LogP contribution < -0.4 is 9.46 Å². The Kier molecular flexibility index (Phi) is 7.41. The number of nitrogens with one attached hydrogen (secondary N) is 1. The molecule has 0 radical (unpaired) electrons. The minimum atomic E-state index is -1.33. The van der Waals surface area contributed by atoms with Crippen molar-refractivity contribution < 1.29 is 17.9 Å². The molecule has 2 heterocycles. The SMILES string of the molecule is CSc1nccc(-c2cccnc2Oc2cc(F)c(NSC3CCCCC3)c(F)c2F)n1. The van der Waals surface area contributed by atoms with E-state index in [0.29, 0.717) is 16.4 Å². The highest BCUT2D eigenvalue weighted by molar-refractivity contribution is 8.01. The number of hydrogen-bond donors (Lipinski definition) is 1. The first-order valence-electron chi connectivity index (χ1n) is 10.2. The van der Waals surface area contributed by atoms with Crippen molar-refractivity contribution in [1.29, 1.82) is 0 Å². The number of aromatic nitrogens is 3. The monoisotopic (exact) mass is 478 g/mol. The molecular weight excluding hydrogens is 457 g/mol. The summed E-state index contributed by atoms with van der Waals surface area (Å²) in [6, 6.07) is 5.82. The topological polar surface area (TPSA) is 59.9 Å². The van der Waals surface area contributed by atoms with Gasteiger partial charge in [-0.3, -0.25) is 0 Å². The molecule has 1 aliphatic rings. The molecule has 1 aromatic carbocycles. The number of anilines is 1. The van der Waals surface area contributed by atoms with Crippen molar-refractivity contribution in [2.45, 2.75) is 42.5 Å². The number of thioether (sulfide) groups is 1. The molecule has 0 bridgehead atoms. The summed E-state index contributed by atoms with van der Waals surface area (Å²) in [6.45, 7) is 0. The molecule has 32 heavy (non-hydrogen) atoms. The summed E-state index contributed by atoms with van der Waals surface area (Å²) in [4.78, 5) is 12.6. The quantitative estimate of drug-likeness (QED) is 0.172. The Morgan fingerprint density at radius 2 is 1.84 bits per heavy atom. The molecule has 0 atom stereocenters. The maximum absolute atomic E-state index is 14.8. The molecule has 0 unspecified atom stereocenters. The lowest BCUT2D eigenvalue weighted by atomic mass is 10.0. The van der Waals surface area contributed by atoms with Crippen molar-refractivity contribution in [3.8, 4) is 22.9 Å². The van der Waals surface area contributed by atoms with Crippen molar-refractivity contribution >= 4 is 29.4 Å². The van der Waals surface area contributed by atoms with Gasteiger partial charge in [0.05, 0.1) is 11.3 Å². The van der Waals surface area contributed by atoms with Gasteiger partial charge >= 0.3 is 0 Å². The van der Waals surface area contributed by atoms with Crippen molar-refractivity contribution in [2.24, 2.45) is 0 Å². The van der Waals surface area contributed by atoms with E-state index in [1.165, 1.54) is 36.3 Å². The van der Waals surface area contributed by atoms with Gasteiger partial charge < -0.3 is 9.46 Å². The normalized spacial score (nSPS) is 14.4. The standard InChI is InChI=1S/C22H21F3N4OS2/c1-31-22-27-11-9-16(28-22)14-8-5-10-26-21(14)30-17-12-15(23)20(19(25)18(17)24)29-32-13-6-3-2-4-7-13/h5,8-13,29H,2-4,6-7H2,1H3. The van der Waals surface area contributed by atoms with Gasteiger partial charge in [0, 0.05) is 23.7 Å². The van der Waals surface area contributed by atoms with E-state index in [2.05, 4.69) is 19.7 Å². The second kappa shape index (κ2) is 10.4. The maximum atomic E-state index is 14.8. The Morgan fingerprint density at radius 1 is 1.03 bits per heavy atom. The zero-order valence-electron chi connectivity index (χ0n) is 17.3. The Morgan fingerprint density at radius 3 is 2.62 bits per heavy atom. The lowest BCUT2D eigenvalue weighted by Crippen LogP contribution is -2.11. The summed E-state index contributed by atoms with van der Waals surface area (Å²) in [5.74, 6) is -4.17. The van der Waals surface area contributed by atoms with Crippen LogP contribution in [0.2, 0.25) is 0 Å². The minimum Gasteiger partial charge on any atom is -0.435 e. The van der Waals surface area contributed by atoms with Gasteiger partial charge in [-0.2, -0.15) is 4.39 Å². The van der Waals surface area contributed by atoms with Gasteiger partial charge in [-0.25, -0.2) is 23.7 Å². The van der Waals surface area contributed by atoms with Gasteiger partial charge in [-0.05, 0) is 49.2 Å². The number of rotatable bonds is 7. The van der Waals surface area contributed by atoms with E-state index in [9.17, 15) is 13.2 Å². The van der Waals surface area contributed by atoms with Crippen molar-refractivity contribution in [2.75, 3.05) is 11.0 Å². The van der Waals surface area contributed by atoms with Crippen LogP contribution in [0.15, 0.2) is 41.8 Å². The van der Waals surface area contributed by atoms with Crippen LogP contribution in [-0.2, 0) is 0 Å². The average molecular weight is 479 g/mol. The van der Waals surface area contributed by atoms with E-state index in [1.54, 1.807) is 24.4 Å². The van der Waals surface area contributed by atoms with Gasteiger partial charge in [0.1, 0.15) is 5.69 Å². The molecule has 0 saturated heterocycles. The first kappa shape index (κ1) is 22.7. The summed E-state index contributed by atoms with van der Waals surface area (Å²) in [5.41, 5.74) is 0.434. The summed E-state index contributed by atoms with van der Waals surface area (Å²) in [7, 11) is 0. The zero-order valence-corrected chi connectivity index (χ0v) is 18.9. The molecular formula is C22H21F3N4OS2. The molecule has 1 N–H and O–H groups in total. The second-order valence-corrected chi connectivity index (χ2v) is 9.11. The van der Waals surface area contributed by atoms with Crippen LogP contribution in [0.3, 0.4) is 0 Å². The van der Waals surface area contributed by atoms with Crippen LogP contribution in [0.4, 0.5) is 18.9 Å². The summed E-state index contributed by atoms with van der Waals surface area (Å²) < 4.78 is 52.3. The highest BCUT2D eigenvalue weighted by Crippen LogP contribution is 2.37. The van der Waals surface area contributed by atoms with Gasteiger partial charge in [-0.1, -0.05) is 31.0 Å². The average Bonchev–Trinajstić information content (AvgIpc) is 2.83. The van der Waals surface area contributed by atoms with Gasteiger partial charge in [0.2, 0.25) is 11.7 Å². The van der Waals surface area contributed by atoms with Crippen molar-refractivity contribution in [3.05, 3.63) is 54.1 Å². The van der Waals surface area contributed by atoms with Gasteiger partial charge in [0.25, 0.3) is 0 Å². The molecule has 5 nitrogen and oxygen atoms in total. The first-order valence-corrected chi connectivity index (χ1v) is 12.3. The number of halogens is 3. The number of pyridine rings is 1. The van der Waals surface area contributed by atoms with E-state index in [0.717, 1.165) is 31.7 Å². The molecule has 3 aromatic rings. The number of ether oxygens (including phenoxy) is 1. The maximum Gasteiger partial charge on any atom is 0.228 e. The lowest BCUT2D eigenvalue weighted by Gasteiger charge is -2.21. The van der Waals surface area contributed by atoms with Crippen LogP contribution in [-0.4, -0.2) is 26.5 Å². The Labute approximate surface area is 192 Å². The molecule has 1 aliphatic carbocycles.